The number of halogens is 3. The molecule has 37 heavy (non-hydrogen) atoms. The molecule has 1 saturated heterocycles. The molecule has 1 aliphatic heterocycles. The van der Waals surface area contributed by atoms with Crippen LogP contribution in [0.1, 0.15) is 41.7 Å². The van der Waals surface area contributed by atoms with Crippen molar-refractivity contribution in [3.8, 4) is 0 Å². The summed E-state index contributed by atoms with van der Waals surface area (Å²) in [6.45, 7) is 3.56. The molecule has 4 aliphatic rings. The van der Waals surface area contributed by atoms with Gasteiger partial charge >= 0.3 is 0 Å². The van der Waals surface area contributed by atoms with Crippen LogP contribution in [0.25, 0.3) is 0 Å². The van der Waals surface area contributed by atoms with Gasteiger partial charge in [0.2, 0.25) is 17.7 Å². The lowest BCUT2D eigenvalue weighted by atomic mass is 9.54. The second kappa shape index (κ2) is 8.42. The second-order valence-corrected chi connectivity index (χ2v) is 11.9. The van der Waals surface area contributed by atoms with Gasteiger partial charge in [0.05, 0.1) is 11.8 Å². The maximum atomic E-state index is 14.0. The van der Waals surface area contributed by atoms with Crippen molar-refractivity contribution in [2.24, 2.45) is 11.8 Å². The molecular weight excluding hydrogens is 575 g/mol. The number of likely N-dealkylation sites (tertiary alicyclic amines) is 1. The van der Waals surface area contributed by atoms with Crippen LogP contribution >= 0.6 is 39.1 Å². The van der Waals surface area contributed by atoms with Crippen LogP contribution in [0.5, 0.6) is 0 Å². The largest absolute Gasteiger partial charge is 0.324 e. The van der Waals surface area contributed by atoms with E-state index in [9.17, 15) is 14.4 Å². The fourth-order valence-electron chi connectivity index (χ4n) is 6.40. The number of amides is 3. The maximum absolute atomic E-state index is 14.0. The molecule has 1 heterocycles. The summed E-state index contributed by atoms with van der Waals surface area (Å²) in [6.07, 6.45) is 0.704. The Labute approximate surface area is 233 Å². The third kappa shape index (κ3) is 3.12. The Balaban J connectivity index is 1.43. The third-order valence-corrected chi connectivity index (χ3v) is 9.87. The number of nitrogens with zero attached hydrogens (tertiary/aromatic N) is 1. The lowest BCUT2D eigenvalue weighted by Crippen LogP contribution is -2.57. The predicted molar refractivity (Wildman–Crippen MR) is 147 cm³/mol. The fraction of sp³-hybridized carbons (Fsp3) is 0.276. The molecule has 3 aromatic rings. The third-order valence-electron chi connectivity index (χ3n) is 8.09. The molecule has 7 rings (SSSR count). The zero-order valence-corrected chi connectivity index (χ0v) is 23.2. The molecule has 3 aliphatic carbocycles. The minimum absolute atomic E-state index is 0.452. The smallest absolute Gasteiger partial charge is 0.247 e. The number of aryl methyl sites for hydroxylation is 1. The topological polar surface area (TPSA) is 66.5 Å². The predicted octanol–water partition coefficient (Wildman–Crippen LogP) is 5.93. The summed E-state index contributed by atoms with van der Waals surface area (Å²) >= 11 is 18.4. The van der Waals surface area contributed by atoms with Gasteiger partial charge in [0.15, 0.2) is 0 Å². The minimum atomic E-state index is -1.27. The first-order chi connectivity index (χ1) is 17.6. The quantitative estimate of drug-likeness (QED) is 0.299. The van der Waals surface area contributed by atoms with Crippen LogP contribution in [0.3, 0.4) is 0 Å². The van der Waals surface area contributed by atoms with E-state index in [1.54, 1.807) is 13.0 Å². The van der Waals surface area contributed by atoms with Crippen molar-refractivity contribution >= 4 is 62.5 Å². The highest BCUT2D eigenvalue weighted by atomic mass is 79.9. The van der Waals surface area contributed by atoms with E-state index in [2.05, 4.69) is 21.2 Å². The van der Waals surface area contributed by atoms with Crippen molar-refractivity contribution in [1.82, 2.24) is 4.90 Å². The van der Waals surface area contributed by atoms with Gasteiger partial charge < -0.3 is 5.32 Å². The highest BCUT2D eigenvalue weighted by Crippen LogP contribution is 2.69. The van der Waals surface area contributed by atoms with Gasteiger partial charge in [-0.1, -0.05) is 71.4 Å². The van der Waals surface area contributed by atoms with Gasteiger partial charge in [-0.05, 0) is 59.4 Å². The maximum Gasteiger partial charge on any atom is 0.247 e. The van der Waals surface area contributed by atoms with Gasteiger partial charge in [0, 0.05) is 10.2 Å². The first-order valence-electron chi connectivity index (χ1n) is 12.2. The summed E-state index contributed by atoms with van der Waals surface area (Å²) in [5.74, 6) is -3.27. The molecule has 1 fully saturated rings. The first kappa shape index (κ1) is 24.7. The molecule has 1 N–H and O–H groups in total. The van der Waals surface area contributed by atoms with Crippen molar-refractivity contribution in [2.75, 3.05) is 5.32 Å². The summed E-state index contributed by atoms with van der Waals surface area (Å²) < 4.78 is 0.902. The van der Waals surface area contributed by atoms with Crippen LogP contribution < -0.4 is 5.32 Å². The number of alkyl halides is 2. The second-order valence-electron chi connectivity index (χ2n) is 9.84. The van der Waals surface area contributed by atoms with E-state index < -0.39 is 45.3 Å². The Kier molecular flexibility index (Phi) is 5.61. The van der Waals surface area contributed by atoms with Gasteiger partial charge in [-0.15, -0.1) is 23.2 Å². The number of anilines is 1. The first-order valence-corrected chi connectivity index (χ1v) is 13.7. The standard InChI is InChI=1S/C29H23BrCl2N2O3/c1-3-16-14-17(30)12-13-22(16)33-25(35)15(2)34-26(36)23-24(27(34)37)29(32)19-9-5-4-8-18(19)28(23,31)20-10-6-7-11-21(20)29/h4-15,23-24H,3H2,1-2H3,(H,33,35)/t15-,23+,24+,28?,29?/m0/s1. The van der Waals surface area contributed by atoms with E-state index in [0.717, 1.165) is 37.2 Å². The Hall–Kier alpha value is -2.67. The number of hydrogen-bond donors (Lipinski definition) is 1. The summed E-state index contributed by atoms with van der Waals surface area (Å²) in [5.41, 5.74) is 4.50. The molecule has 0 saturated carbocycles. The summed E-state index contributed by atoms with van der Waals surface area (Å²) in [5, 5.41) is 2.91. The van der Waals surface area contributed by atoms with E-state index in [1.165, 1.54) is 0 Å². The molecule has 188 valence electrons. The lowest BCUT2D eigenvalue weighted by Gasteiger charge is -2.54. The van der Waals surface area contributed by atoms with Crippen molar-refractivity contribution in [3.63, 3.8) is 0 Å². The Morgan fingerprint density at radius 3 is 1.81 bits per heavy atom. The SMILES string of the molecule is CCc1cc(Br)ccc1NC(=O)[C@H](C)N1C(=O)[C@H]2[C@H](C1=O)C1(Cl)c3ccccc3C2(Cl)c2ccccc21. The number of nitrogens with one attached hydrogen (secondary N) is 1. The molecule has 0 spiro atoms. The van der Waals surface area contributed by atoms with Gasteiger partial charge in [-0.2, -0.15) is 0 Å². The van der Waals surface area contributed by atoms with Crippen LogP contribution in [0.4, 0.5) is 5.69 Å². The van der Waals surface area contributed by atoms with Crippen molar-refractivity contribution in [3.05, 3.63) is 99.0 Å². The highest BCUT2D eigenvalue weighted by molar-refractivity contribution is 9.10. The van der Waals surface area contributed by atoms with E-state index in [-0.39, 0.29) is 0 Å². The van der Waals surface area contributed by atoms with Crippen molar-refractivity contribution < 1.29 is 14.4 Å². The molecule has 3 atom stereocenters. The van der Waals surface area contributed by atoms with Gasteiger partial charge in [0.25, 0.3) is 0 Å². The summed E-state index contributed by atoms with van der Waals surface area (Å²) in [4.78, 5) is 40.0. The zero-order chi connectivity index (χ0) is 26.3. The van der Waals surface area contributed by atoms with Gasteiger partial charge in [-0.3, -0.25) is 19.3 Å². The average Bonchev–Trinajstić information content (AvgIpc) is 3.18. The fourth-order valence-corrected chi connectivity index (χ4v) is 7.91. The zero-order valence-electron chi connectivity index (χ0n) is 20.1. The van der Waals surface area contributed by atoms with Gasteiger partial charge in [0.1, 0.15) is 15.8 Å². The molecule has 2 bridgehead atoms. The number of hydrogen-bond acceptors (Lipinski definition) is 3. The Morgan fingerprint density at radius 1 is 0.919 bits per heavy atom. The van der Waals surface area contributed by atoms with Crippen LogP contribution in [0.2, 0.25) is 0 Å². The van der Waals surface area contributed by atoms with E-state index in [4.69, 9.17) is 23.2 Å². The van der Waals surface area contributed by atoms with Crippen LogP contribution in [-0.4, -0.2) is 28.7 Å². The minimum Gasteiger partial charge on any atom is -0.324 e. The number of benzene rings is 3. The van der Waals surface area contributed by atoms with E-state index in [0.29, 0.717) is 12.1 Å². The monoisotopic (exact) mass is 596 g/mol. The van der Waals surface area contributed by atoms with Crippen molar-refractivity contribution in [2.45, 2.75) is 36.1 Å². The number of carbonyl (C=O) groups excluding carboxylic acids is 3. The normalized spacial score (nSPS) is 28.0. The summed E-state index contributed by atoms with van der Waals surface area (Å²) in [7, 11) is 0. The van der Waals surface area contributed by atoms with Crippen LogP contribution in [0, 0.1) is 11.8 Å². The van der Waals surface area contributed by atoms with Crippen LogP contribution in [0.15, 0.2) is 71.2 Å². The number of rotatable bonds is 4. The molecule has 3 amide bonds. The van der Waals surface area contributed by atoms with Crippen LogP contribution in [-0.2, 0) is 30.6 Å². The molecule has 0 radical (unpaired) electrons. The summed E-state index contributed by atoms with van der Waals surface area (Å²) in [6, 6.07) is 19.5. The molecule has 8 heteroatoms. The van der Waals surface area contributed by atoms with E-state index in [1.807, 2.05) is 67.6 Å². The Morgan fingerprint density at radius 2 is 1.38 bits per heavy atom. The molecule has 3 aromatic carbocycles. The molecule has 0 unspecified atom stereocenters. The number of imide groups is 1. The Bertz CT molecular complexity index is 1380. The number of carbonyl (C=O) groups is 3. The van der Waals surface area contributed by atoms with E-state index >= 15 is 0 Å². The van der Waals surface area contributed by atoms with Gasteiger partial charge in [-0.25, -0.2) is 0 Å². The van der Waals surface area contributed by atoms with Crippen molar-refractivity contribution in [1.29, 1.82) is 0 Å². The highest BCUT2D eigenvalue weighted by Gasteiger charge is 2.73. The molecular formula is C29H23BrCl2N2O3. The average molecular weight is 598 g/mol. The molecule has 5 nitrogen and oxygen atoms in total. The molecule has 0 aromatic heterocycles. The lowest BCUT2D eigenvalue weighted by molar-refractivity contribution is -0.146.